The molecule has 0 aliphatic carbocycles. The standard InChI is InChI=1S/C21H25N7/c22-21-25-15-19(20(27-21)24-8-2-12-28-13-3-9-26-28)18-5-1-4-17(14-18)16-6-10-23-11-7-16/h1,4-7,10-11,14-15,26H,2-3,8-9,12-13H2,(H3,22,24,25,27). The Labute approximate surface area is 165 Å². The molecule has 1 fully saturated rings. The van der Waals surface area contributed by atoms with Gasteiger partial charge in [0.2, 0.25) is 5.95 Å². The summed E-state index contributed by atoms with van der Waals surface area (Å²) in [7, 11) is 0. The van der Waals surface area contributed by atoms with Crippen LogP contribution in [0.15, 0.2) is 55.0 Å². The van der Waals surface area contributed by atoms with Crippen LogP contribution in [-0.2, 0) is 0 Å². The Bertz CT molecular complexity index is 908. The lowest BCUT2D eigenvalue weighted by atomic mass is 10.0. The molecule has 144 valence electrons. The number of nitrogen functional groups attached to an aromatic ring is 1. The Balaban J connectivity index is 1.51. The van der Waals surface area contributed by atoms with Crippen molar-refractivity contribution in [3.8, 4) is 22.3 Å². The summed E-state index contributed by atoms with van der Waals surface area (Å²) in [5, 5.41) is 5.71. The van der Waals surface area contributed by atoms with Crippen LogP contribution in [0.2, 0.25) is 0 Å². The highest BCUT2D eigenvalue weighted by Crippen LogP contribution is 2.30. The second-order valence-electron chi connectivity index (χ2n) is 6.84. The molecular formula is C21H25N7. The third-order valence-corrected chi connectivity index (χ3v) is 4.83. The fraction of sp³-hybridized carbons (Fsp3) is 0.286. The zero-order valence-electron chi connectivity index (χ0n) is 15.8. The number of aromatic nitrogens is 3. The van der Waals surface area contributed by atoms with Crippen molar-refractivity contribution in [3.63, 3.8) is 0 Å². The maximum atomic E-state index is 5.84. The molecule has 0 atom stereocenters. The molecule has 3 aromatic rings. The molecule has 1 saturated heterocycles. The van der Waals surface area contributed by atoms with Crippen LogP contribution in [0.25, 0.3) is 22.3 Å². The summed E-state index contributed by atoms with van der Waals surface area (Å²) in [6, 6.07) is 12.4. The van der Waals surface area contributed by atoms with E-state index in [0.29, 0.717) is 0 Å². The number of hydrogen-bond acceptors (Lipinski definition) is 7. The Kier molecular flexibility index (Phi) is 5.75. The van der Waals surface area contributed by atoms with Gasteiger partial charge in [-0.25, -0.2) is 9.99 Å². The predicted octanol–water partition coefficient (Wildman–Crippen LogP) is 2.80. The summed E-state index contributed by atoms with van der Waals surface area (Å²) in [6.07, 6.45) is 7.63. The summed E-state index contributed by atoms with van der Waals surface area (Å²) in [6.45, 7) is 4.04. The van der Waals surface area contributed by atoms with E-state index in [-0.39, 0.29) is 5.95 Å². The predicted molar refractivity (Wildman–Crippen MR) is 112 cm³/mol. The molecule has 0 spiro atoms. The number of hydrazine groups is 1. The monoisotopic (exact) mass is 375 g/mol. The van der Waals surface area contributed by atoms with Gasteiger partial charge in [-0.3, -0.25) is 10.4 Å². The molecule has 0 bridgehead atoms. The minimum atomic E-state index is 0.276. The van der Waals surface area contributed by atoms with Crippen molar-refractivity contribution in [1.29, 1.82) is 0 Å². The minimum absolute atomic E-state index is 0.276. The van der Waals surface area contributed by atoms with Gasteiger partial charge in [-0.1, -0.05) is 18.2 Å². The van der Waals surface area contributed by atoms with Crippen molar-refractivity contribution in [3.05, 3.63) is 55.0 Å². The van der Waals surface area contributed by atoms with Crippen LogP contribution in [0.3, 0.4) is 0 Å². The first-order valence-electron chi connectivity index (χ1n) is 9.65. The van der Waals surface area contributed by atoms with Gasteiger partial charge in [0.25, 0.3) is 0 Å². The molecule has 4 rings (SSSR count). The van der Waals surface area contributed by atoms with E-state index in [1.807, 2.05) is 18.2 Å². The fourth-order valence-electron chi connectivity index (χ4n) is 3.41. The van der Waals surface area contributed by atoms with E-state index in [2.05, 4.69) is 48.9 Å². The second-order valence-corrected chi connectivity index (χ2v) is 6.84. The van der Waals surface area contributed by atoms with Crippen molar-refractivity contribution in [2.75, 3.05) is 37.2 Å². The lowest BCUT2D eigenvalue weighted by Crippen LogP contribution is -2.32. The van der Waals surface area contributed by atoms with Gasteiger partial charge in [0.05, 0.1) is 0 Å². The average molecular weight is 375 g/mol. The van der Waals surface area contributed by atoms with Crippen molar-refractivity contribution >= 4 is 11.8 Å². The number of hydrogen-bond donors (Lipinski definition) is 3. The number of benzene rings is 1. The Morgan fingerprint density at radius 1 is 1.11 bits per heavy atom. The van der Waals surface area contributed by atoms with Gasteiger partial charge in [-0.2, -0.15) is 4.98 Å². The molecule has 1 aliphatic rings. The van der Waals surface area contributed by atoms with Gasteiger partial charge in [0.15, 0.2) is 0 Å². The number of nitrogens with one attached hydrogen (secondary N) is 2. The third-order valence-electron chi connectivity index (χ3n) is 4.83. The summed E-state index contributed by atoms with van der Waals surface area (Å²) in [5.41, 5.74) is 13.5. The summed E-state index contributed by atoms with van der Waals surface area (Å²) in [5.74, 6) is 1.05. The number of anilines is 2. The molecule has 28 heavy (non-hydrogen) atoms. The maximum absolute atomic E-state index is 5.84. The van der Waals surface area contributed by atoms with Crippen LogP contribution in [-0.4, -0.2) is 46.1 Å². The van der Waals surface area contributed by atoms with E-state index in [1.54, 1.807) is 18.6 Å². The van der Waals surface area contributed by atoms with E-state index in [0.717, 1.165) is 60.7 Å². The van der Waals surface area contributed by atoms with Crippen molar-refractivity contribution in [2.24, 2.45) is 0 Å². The Hall–Kier alpha value is -3.03. The molecule has 0 amide bonds. The highest BCUT2D eigenvalue weighted by molar-refractivity contribution is 5.79. The highest BCUT2D eigenvalue weighted by atomic mass is 15.5. The molecule has 0 saturated carbocycles. The van der Waals surface area contributed by atoms with Crippen LogP contribution in [0.1, 0.15) is 12.8 Å². The lowest BCUT2D eigenvalue weighted by molar-refractivity contribution is 0.253. The number of nitrogens with zero attached hydrogens (tertiary/aromatic N) is 4. The zero-order chi connectivity index (χ0) is 19.2. The second kappa shape index (κ2) is 8.77. The molecule has 0 radical (unpaired) electrons. The lowest BCUT2D eigenvalue weighted by Gasteiger charge is -2.16. The zero-order valence-corrected chi connectivity index (χ0v) is 15.8. The van der Waals surface area contributed by atoms with Crippen LogP contribution in [0.4, 0.5) is 11.8 Å². The number of pyridine rings is 1. The van der Waals surface area contributed by atoms with Crippen molar-refractivity contribution in [2.45, 2.75) is 12.8 Å². The molecule has 2 aromatic heterocycles. The molecule has 1 aliphatic heterocycles. The Morgan fingerprint density at radius 2 is 1.96 bits per heavy atom. The highest BCUT2D eigenvalue weighted by Gasteiger charge is 2.12. The normalized spacial score (nSPS) is 14.3. The SMILES string of the molecule is Nc1ncc(-c2cccc(-c3ccncc3)c2)c(NCCCN2CCCN2)n1. The fourth-order valence-corrected chi connectivity index (χ4v) is 3.41. The summed E-state index contributed by atoms with van der Waals surface area (Å²) in [4.78, 5) is 12.7. The van der Waals surface area contributed by atoms with Gasteiger partial charge in [-0.15, -0.1) is 0 Å². The largest absolute Gasteiger partial charge is 0.369 e. The van der Waals surface area contributed by atoms with Crippen molar-refractivity contribution < 1.29 is 0 Å². The molecule has 7 heteroatoms. The van der Waals surface area contributed by atoms with E-state index in [9.17, 15) is 0 Å². The quantitative estimate of drug-likeness (QED) is 0.547. The average Bonchev–Trinajstić information content (AvgIpc) is 3.26. The molecule has 3 heterocycles. The number of rotatable bonds is 7. The topological polar surface area (TPSA) is 92.0 Å². The summed E-state index contributed by atoms with van der Waals surface area (Å²) >= 11 is 0. The van der Waals surface area contributed by atoms with Crippen LogP contribution in [0, 0.1) is 0 Å². The van der Waals surface area contributed by atoms with Gasteiger partial charge in [0.1, 0.15) is 5.82 Å². The van der Waals surface area contributed by atoms with Gasteiger partial charge in [0, 0.05) is 50.3 Å². The van der Waals surface area contributed by atoms with E-state index >= 15 is 0 Å². The number of nitrogens with two attached hydrogens (primary N) is 1. The Morgan fingerprint density at radius 3 is 2.79 bits per heavy atom. The first kappa shape index (κ1) is 18.3. The molecule has 4 N–H and O–H groups in total. The van der Waals surface area contributed by atoms with E-state index < -0.39 is 0 Å². The van der Waals surface area contributed by atoms with Crippen molar-refractivity contribution in [1.82, 2.24) is 25.4 Å². The minimum Gasteiger partial charge on any atom is -0.369 e. The molecule has 0 unspecified atom stereocenters. The molecule has 1 aromatic carbocycles. The molecule has 7 nitrogen and oxygen atoms in total. The van der Waals surface area contributed by atoms with E-state index in [4.69, 9.17) is 5.73 Å². The van der Waals surface area contributed by atoms with Gasteiger partial charge >= 0.3 is 0 Å². The smallest absolute Gasteiger partial charge is 0.221 e. The first-order valence-corrected chi connectivity index (χ1v) is 9.65. The first-order chi connectivity index (χ1) is 13.8. The maximum Gasteiger partial charge on any atom is 0.221 e. The van der Waals surface area contributed by atoms with Crippen LogP contribution >= 0.6 is 0 Å². The van der Waals surface area contributed by atoms with Crippen LogP contribution in [0.5, 0.6) is 0 Å². The molecular weight excluding hydrogens is 350 g/mol. The van der Waals surface area contributed by atoms with Crippen LogP contribution < -0.4 is 16.5 Å². The van der Waals surface area contributed by atoms with Gasteiger partial charge < -0.3 is 11.1 Å². The van der Waals surface area contributed by atoms with E-state index in [1.165, 1.54) is 6.42 Å². The van der Waals surface area contributed by atoms with Gasteiger partial charge in [-0.05, 0) is 47.7 Å². The third kappa shape index (κ3) is 4.44. The summed E-state index contributed by atoms with van der Waals surface area (Å²) < 4.78 is 0.